The fourth-order valence-corrected chi connectivity index (χ4v) is 5.04. The van der Waals surface area contributed by atoms with Crippen LogP contribution in [0.1, 0.15) is 44.2 Å². The first-order valence-corrected chi connectivity index (χ1v) is 12.0. The molecule has 2 bridgehead atoms. The smallest absolute Gasteiger partial charge is 0.319 e. The van der Waals surface area contributed by atoms with Gasteiger partial charge in [0.25, 0.3) is 5.91 Å². The SMILES string of the molecule is CC(C)(C)NC(=O)Nc1cccc(-c2cccc3cc(C(=O)N[C@H]4CN5CCC4CC5)oc23)c1.Cl. The van der Waals surface area contributed by atoms with E-state index in [0.29, 0.717) is 22.9 Å². The number of carbonyl (C=O) groups excluding carboxylic acids is 2. The number of hydrogen-bond donors (Lipinski definition) is 3. The van der Waals surface area contributed by atoms with Crippen molar-refractivity contribution in [3.8, 4) is 11.1 Å². The summed E-state index contributed by atoms with van der Waals surface area (Å²) in [5.41, 5.74) is 2.80. The first-order valence-electron chi connectivity index (χ1n) is 12.0. The third kappa shape index (κ3) is 5.63. The summed E-state index contributed by atoms with van der Waals surface area (Å²) in [7, 11) is 0. The minimum absolute atomic E-state index is 0. The van der Waals surface area contributed by atoms with Crippen LogP contribution in [0, 0.1) is 5.92 Å². The molecule has 7 nitrogen and oxygen atoms in total. The Morgan fingerprint density at radius 3 is 2.46 bits per heavy atom. The van der Waals surface area contributed by atoms with Crippen LogP contribution in [0.5, 0.6) is 0 Å². The van der Waals surface area contributed by atoms with E-state index in [4.69, 9.17) is 4.42 Å². The van der Waals surface area contributed by atoms with Crippen molar-refractivity contribution in [2.45, 2.75) is 45.2 Å². The minimum atomic E-state index is -0.326. The number of piperidine rings is 3. The second-order valence-electron chi connectivity index (χ2n) is 10.5. The van der Waals surface area contributed by atoms with Crippen LogP contribution in [0.3, 0.4) is 0 Å². The molecule has 6 rings (SSSR count). The summed E-state index contributed by atoms with van der Waals surface area (Å²) < 4.78 is 6.10. The van der Waals surface area contributed by atoms with Gasteiger partial charge in [-0.2, -0.15) is 0 Å². The van der Waals surface area contributed by atoms with Crippen LogP contribution in [0.2, 0.25) is 0 Å². The number of rotatable bonds is 4. The first kappa shape index (κ1) is 25.1. The van der Waals surface area contributed by atoms with E-state index in [2.05, 4.69) is 20.9 Å². The van der Waals surface area contributed by atoms with Crippen molar-refractivity contribution < 1.29 is 14.0 Å². The summed E-state index contributed by atoms with van der Waals surface area (Å²) in [5, 5.41) is 9.87. The van der Waals surface area contributed by atoms with Gasteiger partial charge < -0.3 is 25.3 Å². The topological polar surface area (TPSA) is 86.6 Å². The fraction of sp³-hybridized carbons (Fsp3) is 0.407. The highest BCUT2D eigenvalue weighted by molar-refractivity contribution is 6.00. The Hall–Kier alpha value is -3.03. The monoisotopic (exact) mass is 496 g/mol. The molecule has 3 fully saturated rings. The summed E-state index contributed by atoms with van der Waals surface area (Å²) >= 11 is 0. The van der Waals surface area contributed by atoms with Crippen LogP contribution >= 0.6 is 12.4 Å². The Labute approximate surface area is 212 Å². The number of para-hydroxylation sites is 1. The molecule has 3 aromatic rings. The third-order valence-electron chi connectivity index (χ3n) is 6.66. The van der Waals surface area contributed by atoms with Gasteiger partial charge >= 0.3 is 6.03 Å². The number of nitrogens with one attached hydrogen (secondary N) is 3. The van der Waals surface area contributed by atoms with E-state index in [1.807, 2.05) is 69.3 Å². The summed E-state index contributed by atoms with van der Waals surface area (Å²) in [5.74, 6) is 0.729. The molecule has 186 valence electrons. The average Bonchev–Trinajstić information content (AvgIpc) is 3.23. The highest BCUT2D eigenvalue weighted by Gasteiger charge is 2.35. The summed E-state index contributed by atoms with van der Waals surface area (Å²) in [6.45, 7) is 9.00. The normalized spacial score (nSPS) is 21.3. The Morgan fingerprint density at radius 1 is 1.03 bits per heavy atom. The van der Waals surface area contributed by atoms with Crippen LogP contribution in [0.4, 0.5) is 10.5 Å². The molecule has 35 heavy (non-hydrogen) atoms. The molecular formula is C27H33ClN4O3. The van der Waals surface area contributed by atoms with Crippen molar-refractivity contribution in [3.05, 3.63) is 54.3 Å². The number of urea groups is 1. The Kier molecular flexibility index (Phi) is 7.10. The summed E-state index contributed by atoms with van der Waals surface area (Å²) in [6, 6.07) is 15.2. The number of halogens is 1. The van der Waals surface area contributed by atoms with Gasteiger partial charge in [0.2, 0.25) is 0 Å². The molecule has 0 aliphatic carbocycles. The molecule has 4 heterocycles. The lowest BCUT2D eigenvalue weighted by Gasteiger charge is -2.44. The zero-order chi connectivity index (χ0) is 23.9. The van der Waals surface area contributed by atoms with E-state index in [-0.39, 0.29) is 35.9 Å². The number of furan rings is 1. The molecule has 0 spiro atoms. The van der Waals surface area contributed by atoms with Crippen molar-refractivity contribution >= 4 is 41.0 Å². The van der Waals surface area contributed by atoms with Gasteiger partial charge in [0.1, 0.15) is 5.58 Å². The molecule has 1 aromatic heterocycles. The van der Waals surface area contributed by atoms with Gasteiger partial charge in [-0.05, 0) is 76.4 Å². The van der Waals surface area contributed by atoms with E-state index in [1.54, 1.807) is 0 Å². The minimum Gasteiger partial charge on any atom is -0.450 e. The Bertz CT molecular complexity index is 1220. The molecule has 3 aliphatic heterocycles. The fourth-order valence-electron chi connectivity index (χ4n) is 5.04. The maximum absolute atomic E-state index is 13.0. The molecular weight excluding hydrogens is 464 g/mol. The summed E-state index contributed by atoms with van der Waals surface area (Å²) in [6.07, 6.45) is 2.29. The van der Waals surface area contributed by atoms with Gasteiger partial charge in [0, 0.05) is 34.8 Å². The van der Waals surface area contributed by atoms with Crippen LogP contribution < -0.4 is 16.0 Å². The predicted octanol–water partition coefficient (Wildman–Crippen LogP) is 5.27. The summed E-state index contributed by atoms with van der Waals surface area (Å²) in [4.78, 5) is 27.7. The maximum Gasteiger partial charge on any atom is 0.319 e. The van der Waals surface area contributed by atoms with Crippen molar-refractivity contribution in [2.24, 2.45) is 5.92 Å². The van der Waals surface area contributed by atoms with Crippen LogP contribution in [0.15, 0.2) is 52.9 Å². The average molecular weight is 497 g/mol. The van der Waals surface area contributed by atoms with E-state index in [0.717, 1.165) is 49.0 Å². The number of amides is 3. The molecule has 3 aliphatic rings. The number of hydrogen-bond acceptors (Lipinski definition) is 4. The number of benzene rings is 2. The molecule has 3 amide bonds. The van der Waals surface area contributed by atoms with Crippen LogP contribution in [0.25, 0.3) is 22.1 Å². The molecule has 0 unspecified atom stereocenters. The standard InChI is InChI=1S/C27H32N4O3.ClH/c1-27(2,3)30-26(33)28-20-8-4-6-18(14-20)21-9-5-7-19-15-23(34-24(19)21)25(32)29-22-16-31-12-10-17(22)11-13-31;/h4-9,14-15,17,22H,10-13,16H2,1-3H3,(H,29,32)(H2,28,30,33);1H/t22-;/m0./s1. The third-order valence-corrected chi connectivity index (χ3v) is 6.66. The zero-order valence-electron chi connectivity index (χ0n) is 20.4. The molecule has 0 saturated carbocycles. The van der Waals surface area contributed by atoms with E-state index in [9.17, 15) is 9.59 Å². The highest BCUT2D eigenvalue weighted by Crippen LogP contribution is 2.33. The Morgan fingerprint density at radius 2 is 1.77 bits per heavy atom. The first-order chi connectivity index (χ1) is 16.2. The van der Waals surface area contributed by atoms with E-state index in [1.165, 1.54) is 0 Å². The van der Waals surface area contributed by atoms with Crippen molar-refractivity contribution in [1.82, 2.24) is 15.5 Å². The van der Waals surface area contributed by atoms with Crippen molar-refractivity contribution in [3.63, 3.8) is 0 Å². The van der Waals surface area contributed by atoms with E-state index < -0.39 is 0 Å². The zero-order valence-corrected chi connectivity index (χ0v) is 21.2. The predicted molar refractivity (Wildman–Crippen MR) is 141 cm³/mol. The highest BCUT2D eigenvalue weighted by atomic mass is 35.5. The van der Waals surface area contributed by atoms with Crippen LogP contribution in [-0.4, -0.2) is 48.1 Å². The second kappa shape index (κ2) is 9.91. The lowest BCUT2D eigenvalue weighted by molar-refractivity contribution is 0.0607. The van der Waals surface area contributed by atoms with E-state index >= 15 is 0 Å². The molecule has 1 atom stereocenters. The Balaban J connectivity index is 0.00000289. The lowest BCUT2D eigenvalue weighted by atomic mass is 9.84. The molecule has 2 aromatic carbocycles. The maximum atomic E-state index is 13.0. The van der Waals surface area contributed by atoms with Gasteiger partial charge in [0.05, 0.1) is 0 Å². The number of fused-ring (bicyclic) bond motifs is 4. The van der Waals surface area contributed by atoms with Crippen LogP contribution in [-0.2, 0) is 0 Å². The largest absolute Gasteiger partial charge is 0.450 e. The lowest BCUT2D eigenvalue weighted by Crippen LogP contribution is -2.57. The molecule has 8 heteroatoms. The second-order valence-corrected chi connectivity index (χ2v) is 10.5. The quantitative estimate of drug-likeness (QED) is 0.459. The van der Waals surface area contributed by atoms with Gasteiger partial charge in [-0.1, -0.05) is 30.3 Å². The van der Waals surface area contributed by atoms with Gasteiger partial charge in [-0.3, -0.25) is 4.79 Å². The van der Waals surface area contributed by atoms with Crippen molar-refractivity contribution in [1.29, 1.82) is 0 Å². The number of carbonyl (C=O) groups is 2. The van der Waals surface area contributed by atoms with Gasteiger partial charge in [-0.25, -0.2) is 4.79 Å². The van der Waals surface area contributed by atoms with Gasteiger partial charge in [0.15, 0.2) is 5.76 Å². The number of anilines is 1. The molecule has 3 N–H and O–H groups in total. The molecule has 0 radical (unpaired) electrons. The van der Waals surface area contributed by atoms with Crippen molar-refractivity contribution in [2.75, 3.05) is 25.0 Å². The molecule has 3 saturated heterocycles. The van der Waals surface area contributed by atoms with Gasteiger partial charge in [-0.15, -0.1) is 12.4 Å². The number of nitrogens with zero attached hydrogens (tertiary/aromatic N) is 1.